The van der Waals surface area contributed by atoms with E-state index in [-0.39, 0.29) is 51.0 Å². The molecule has 0 amide bonds. The van der Waals surface area contributed by atoms with Crippen molar-refractivity contribution in [1.29, 1.82) is 0 Å². The molecule has 1 aliphatic rings. The van der Waals surface area contributed by atoms with Crippen LogP contribution in [-0.2, 0) is 26.2 Å². The Morgan fingerprint density at radius 3 is 2.20 bits per heavy atom. The quantitative estimate of drug-likeness (QED) is 0.513. The maximum absolute atomic E-state index is 2.36. The van der Waals surface area contributed by atoms with Crippen LogP contribution in [0.25, 0.3) is 0 Å². The Kier molecular flexibility index (Phi) is 10.8. The van der Waals surface area contributed by atoms with Gasteiger partial charge in [0, 0.05) is 0 Å². The van der Waals surface area contributed by atoms with E-state index in [1.165, 1.54) is 37.7 Å². The van der Waals surface area contributed by atoms with Crippen molar-refractivity contribution in [1.82, 2.24) is 0 Å². The molecule has 1 saturated carbocycles. The average molecular weight is 323 g/mol. The minimum atomic E-state index is 0. The Morgan fingerprint density at radius 2 is 1.73 bits per heavy atom. The van der Waals surface area contributed by atoms with Crippen molar-refractivity contribution in [2.45, 2.75) is 44.9 Å². The molecule has 0 bridgehead atoms. The normalized spacial score (nSPS) is 15.8. The zero-order chi connectivity index (χ0) is 8.39. The molecule has 83 valence electrons. The van der Waals surface area contributed by atoms with Gasteiger partial charge in [-0.2, -0.15) is 23.3 Å². The third-order valence-electron chi connectivity index (χ3n) is 3.01. The fourth-order valence-corrected chi connectivity index (χ4v) is 2.28. The van der Waals surface area contributed by atoms with Crippen LogP contribution in [0.4, 0.5) is 0 Å². The molecular formula is C12H17Cl2Zr. The van der Waals surface area contributed by atoms with Gasteiger partial charge in [0.15, 0.2) is 0 Å². The molecule has 0 atom stereocenters. The molecule has 0 spiro atoms. The standard InChI is InChI=1S/C12H17.2ClH.Zr/c1-10-7-8-12(9-10)11-5-3-2-4-6-11;;;/h7-9,11H,2-6H2,1H3;2*1H;/q-1;;;+3/p-2. The van der Waals surface area contributed by atoms with Gasteiger partial charge in [0.1, 0.15) is 0 Å². The van der Waals surface area contributed by atoms with Crippen molar-refractivity contribution >= 4 is 0 Å². The third kappa shape index (κ3) is 5.11. The number of halogens is 2. The van der Waals surface area contributed by atoms with E-state index >= 15 is 0 Å². The molecule has 15 heavy (non-hydrogen) atoms. The van der Waals surface area contributed by atoms with Gasteiger partial charge in [-0.05, 0) is 0 Å². The molecular weight excluding hydrogens is 306 g/mol. The Morgan fingerprint density at radius 1 is 1.13 bits per heavy atom. The van der Waals surface area contributed by atoms with E-state index in [0.29, 0.717) is 0 Å². The molecule has 0 unspecified atom stereocenters. The Labute approximate surface area is 125 Å². The van der Waals surface area contributed by atoms with Crippen LogP contribution in [0.15, 0.2) is 18.2 Å². The molecule has 0 nitrogen and oxygen atoms in total. The molecule has 1 radical (unpaired) electrons. The second kappa shape index (κ2) is 8.91. The molecule has 0 aliphatic heterocycles. The van der Waals surface area contributed by atoms with Gasteiger partial charge in [-0.1, -0.05) is 44.9 Å². The number of aryl methyl sites for hydroxylation is 1. The minimum Gasteiger partial charge on any atom is -1.00 e. The van der Waals surface area contributed by atoms with Crippen molar-refractivity contribution in [3.05, 3.63) is 29.3 Å². The Balaban J connectivity index is 0. The van der Waals surface area contributed by atoms with Crippen molar-refractivity contribution in [2.24, 2.45) is 0 Å². The second-order valence-corrected chi connectivity index (χ2v) is 4.06. The first-order valence-corrected chi connectivity index (χ1v) is 5.09. The van der Waals surface area contributed by atoms with Crippen LogP contribution in [-0.4, -0.2) is 0 Å². The van der Waals surface area contributed by atoms with Gasteiger partial charge in [0.2, 0.25) is 0 Å². The van der Waals surface area contributed by atoms with Gasteiger partial charge >= 0.3 is 26.2 Å². The van der Waals surface area contributed by atoms with Gasteiger partial charge in [0.05, 0.1) is 0 Å². The fourth-order valence-electron chi connectivity index (χ4n) is 2.28. The summed E-state index contributed by atoms with van der Waals surface area (Å²) >= 11 is 0. The summed E-state index contributed by atoms with van der Waals surface area (Å²) in [6, 6.07) is 6.91. The first-order valence-electron chi connectivity index (χ1n) is 5.09. The molecule has 0 heterocycles. The van der Waals surface area contributed by atoms with Crippen molar-refractivity contribution < 1.29 is 51.0 Å². The summed E-state index contributed by atoms with van der Waals surface area (Å²) < 4.78 is 0. The topological polar surface area (TPSA) is 0 Å². The molecule has 1 aromatic rings. The maximum atomic E-state index is 2.36. The largest absolute Gasteiger partial charge is 3.00 e. The number of rotatable bonds is 1. The van der Waals surface area contributed by atoms with Gasteiger partial charge < -0.3 is 24.8 Å². The van der Waals surface area contributed by atoms with Gasteiger partial charge in [0.25, 0.3) is 0 Å². The first kappa shape index (κ1) is 18.2. The van der Waals surface area contributed by atoms with E-state index < -0.39 is 0 Å². The Bertz CT molecular complexity index is 252. The summed E-state index contributed by atoms with van der Waals surface area (Å²) in [5.74, 6) is 0.882. The van der Waals surface area contributed by atoms with Gasteiger partial charge in [-0.3, -0.25) is 0 Å². The molecule has 0 aromatic heterocycles. The van der Waals surface area contributed by atoms with E-state index in [4.69, 9.17) is 0 Å². The Hall–Kier alpha value is 0.813. The molecule has 1 aromatic carbocycles. The predicted molar refractivity (Wildman–Crippen MR) is 52.6 cm³/mol. The smallest absolute Gasteiger partial charge is 1.00 e. The second-order valence-electron chi connectivity index (χ2n) is 4.06. The molecule has 0 N–H and O–H groups in total. The van der Waals surface area contributed by atoms with Crippen molar-refractivity contribution in [3.8, 4) is 0 Å². The summed E-state index contributed by atoms with van der Waals surface area (Å²) in [5, 5.41) is 0. The van der Waals surface area contributed by atoms with E-state index in [1.54, 1.807) is 5.56 Å². The van der Waals surface area contributed by atoms with Gasteiger partial charge in [-0.15, -0.1) is 0 Å². The van der Waals surface area contributed by atoms with Gasteiger partial charge in [-0.25, -0.2) is 6.07 Å². The van der Waals surface area contributed by atoms with E-state index in [2.05, 4.69) is 25.1 Å². The van der Waals surface area contributed by atoms with Crippen LogP contribution in [0.1, 0.15) is 49.1 Å². The summed E-state index contributed by atoms with van der Waals surface area (Å²) in [5.41, 5.74) is 3.02. The summed E-state index contributed by atoms with van der Waals surface area (Å²) in [6.07, 6.45) is 7.17. The third-order valence-corrected chi connectivity index (χ3v) is 3.01. The summed E-state index contributed by atoms with van der Waals surface area (Å²) in [6.45, 7) is 2.19. The summed E-state index contributed by atoms with van der Waals surface area (Å²) in [7, 11) is 0. The monoisotopic (exact) mass is 321 g/mol. The maximum Gasteiger partial charge on any atom is 3.00 e. The SMILES string of the molecule is C[c-]1ccc(C2CCCCC2)c1.[Cl-].[Cl-].[Zr+3]. The zero-order valence-electron chi connectivity index (χ0n) is 9.10. The minimum absolute atomic E-state index is 0. The number of hydrogen-bond acceptors (Lipinski definition) is 0. The van der Waals surface area contributed by atoms with E-state index in [1.807, 2.05) is 0 Å². The molecule has 3 heteroatoms. The van der Waals surface area contributed by atoms with E-state index in [0.717, 1.165) is 5.92 Å². The summed E-state index contributed by atoms with van der Waals surface area (Å²) in [4.78, 5) is 0. The average Bonchev–Trinajstić information content (AvgIpc) is 2.54. The van der Waals surface area contributed by atoms with Crippen LogP contribution >= 0.6 is 0 Å². The molecule has 1 fully saturated rings. The number of hydrogen-bond donors (Lipinski definition) is 0. The first-order chi connectivity index (χ1) is 5.86. The zero-order valence-corrected chi connectivity index (χ0v) is 13.1. The van der Waals surface area contributed by atoms with Crippen LogP contribution in [0.3, 0.4) is 0 Å². The molecule has 0 saturated heterocycles. The van der Waals surface area contributed by atoms with Crippen LogP contribution in [0, 0.1) is 6.92 Å². The molecule has 1 aliphatic carbocycles. The van der Waals surface area contributed by atoms with E-state index in [9.17, 15) is 0 Å². The van der Waals surface area contributed by atoms with Crippen LogP contribution in [0.2, 0.25) is 0 Å². The van der Waals surface area contributed by atoms with Crippen molar-refractivity contribution in [2.75, 3.05) is 0 Å². The predicted octanol–water partition coefficient (Wildman–Crippen LogP) is -2.23. The fraction of sp³-hybridized carbons (Fsp3) is 0.583. The van der Waals surface area contributed by atoms with Crippen molar-refractivity contribution in [3.63, 3.8) is 0 Å². The van der Waals surface area contributed by atoms with Crippen LogP contribution < -0.4 is 24.8 Å². The molecule has 2 rings (SSSR count). The van der Waals surface area contributed by atoms with Crippen LogP contribution in [0.5, 0.6) is 0 Å².